The zero-order valence-corrected chi connectivity index (χ0v) is 16.3. The Morgan fingerprint density at radius 1 is 0.433 bits per heavy atom. The highest BCUT2D eigenvalue weighted by molar-refractivity contribution is 6.35. The van der Waals surface area contributed by atoms with E-state index in [1.54, 1.807) is 0 Å². The van der Waals surface area contributed by atoms with E-state index in [2.05, 4.69) is 66.7 Å². The Balaban J connectivity index is 1.89. The molecule has 0 bridgehead atoms. The van der Waals surface area contributed by atoms with E-state index in [-0.39, 0.29) is 5.78 Å². The van der Waals surface area contributed by atoms with Crippen molar-refractivity contribution in [3.8, 4) is 0 Å². The standard InChI is InChI=1S/C29H18O/c30-29(20-10-2-1-3-11-20)26-16-8-15-24-22-13-6-7-14-23(22)25-18-17-19-9-4-5-12-21(19)27(25)28(24)26/h1-18H. The molecule has 0 N–H and O–H groups in total. The average molecular weight is 382 g/mol. The van der Waals surface area contributed by atoms with Crippen molar-refractivity contribution in [2.24, 2.45) is 0 Å². The minimum atomic E-state index is 0.0608. The average Bonchev–Trinajstić information content (AvgIpc) is 2.83. The Hall–Kier alpha value is -3.97. The monoisotopic (exact) mass is 382 g/mol. The van der Waals surface area contributed by atoms with Crippen LogP contribution in [0.2, 0.25) is 0 Å². The first-order valence-corrected chi connectivity index (χ1v) is 10.2. The lowest BCUT2D eigenvalue weighted by Crippen LogP contribution is -2.02. The molecule has 0 spiro atoms. The molecule has 0 aromatic heterocycles. The molecule has 30 heavy (non-hydrogen) atoms. The van der Waals surface area contributed by atoms with Gasteiger partial charge >= 0.3 is 0 Å². The normalized spacial score (nSPS) is 11.5. The van der Waals surface area contributed by atoms with E-state index in [1.165, 1.54) is 26.9 Å². The highest BCUT2D eigenvalue weighted by Gasteiger charge is 2.18. The number of benzene rings is 6. The van der Waals surface area contributed by atoms with Gasteiger partial charge in [-0.05, 0) is 37.7 Å². The molecular formula is C29H18O. The van der Waals surface area contributed by atoms with Crippen molar-refractivity contribution in [3.05, 3.63) is 120 Å². The summed E-state index contributed by atoms with van der Waals surface area (Å²) in [7, 11) is 0. The van der Waals surface area contributed by atoms with Gasteiger partial charge in [-0.15, -0.1) is 0 Å². The third-order valence-electron chi connectivity index (χ3n) is 6.03. The van der Waals surface area contributed by atoms with Gasteiger partial charge in [0.25, 0.3) is 0 Å². The van der Waals surface area contributed by atoms with Gasteiger partial charge in [-0.25, -0.2) is 0 Å². The van der Waals surface area contributed by atoms with Crippen molar-refractivity contribution < 1.29 is 4.79 Å². The second kappa shape index (κ2) is 6.53. The molecule has 1 heteroatoms. The van der Waals surface area contributed by atoms with Crippen LogP contribution in [0.3, 0.4) is 0 Å². The quantitative estimate of drug-likeness (QED) is 0.223. The fourth-order valence-electron chi connectivity index (χ4n) is 4.70. The van der Waals surface area contributed by atoms with E-state index in [0.29, 0.717) is 5.56 Å². The molecule has 0 saturated carbocycles. The summed E-state index contributed by atoms with van der Waals surface area (Å²) in [5.41, 5.74) is 1.47. The molecule has 0 unspecified atom stereocenters. The SMILES string of the molecule is O=C(c1ccccc1)c1cccc2c3ccccc3c3ccc4ccccc4c3c12. The molecule has 0 saturated heterocycles. The number of carbonyl (C=O) groups is 1. The summed E-state index contributed by atoms with van der Waals surface area (Å²) >= 11 is 0. The minimum Gasteiger partial charge on any atom is -0.289 e. The molecule has 6 aromatic rings. The van der Waals surface area contributed by atoms with Crippen LogP contribution >= 0.6 is 0 Å². The molecule has 0 heterocycles. The molecule has 0 aliphatic heterocycles. The summed E-state index contributed by atoms with van der Waals surface area (Å²) in [6.45, 7) is 0. The van der Waals surface area contributed by atoms with Gasteiger partial charge in [0, 0.05) is 16.5 Å². The third-order valence-corrected chi connectivity index (χ3v) is 6.03. The Bertz CT molecular complexity index is 1590. The van der Waals surface area contributed by atoms with Gasteiger partial charge in [0.15, 0.2) is 5.78 Å². The minimum absolute atomic E-state index is 0.0608. The van der Waals surface area contributed by atoms with Crippen LogP contribution in [-0.2, 0) is 0 Å². The fraction of sp³-hybridized carbons (Fsp3) is 0. The van der Waals surface area contributed by atoms with Crippen molar-refractivity contribution in [2.75, 3.05) is 0 Å². The fourth-order valence-corrected chi connectivity index (χ4v) is 4.70. The lowest BCUT2D eigenvalue weighted by Gasteiger charge is -2.15. The van der Waals surface area contributed by atoms with Crippen molar-refractivity contribution in [1.29, 1.82) is 0 Å². The molecule has 1 nitrogen and oxygen atoms in total. The molecule has 0 fully saturated rings. The van der Waals surface area contributed by atoms with Crippen molar-refractivity contribution in [2.45, 2.75) is 0 Å². The lowest BCUT2D eigenvalue weighted by atomic mass is 9.87. The van der Waals surface area contributed by atoms with Gasteiger partial charge < -0.3 is 0 Å². The predicted molar refractivity (Wildman–Crippen MR) is 126 cm³/mol. The third kappa shape index (κ3) is 2.39. The molecule has 6 rings (SSSR count). The summed E-state index contributed by atoms with van der Waals surface area (Å²) in [5, 5.41) is 9.26. The number of hydrogen-bond acceptors (Lipinski definition) is 1. The van der Waals surface area contributed by atoms with Gasteiger partial charge in [-0.3, -0.25) is 4.79 Å². The maximum atomic E-state index is 13.6. The summed E-state index contributed by atoms with van der Waals surface area (Å²) in [6.07, 6.45) is 0. The van der Waals surface area contributed by atoms with Crippen LogP contribution in [0.4, 0.5) is 0 Å². The first-order chi connectivity index (χ1) is 14.8. The van der Waals surface area contributed by atoms with Crippen molar-refractivity contribution in [3.63, 3.8) is 0 Å². The number of rotatable bonds is 2. The van der Waals surface area contributed by atoms with Crippen LogP contribution in [0.5, 0.6) is 0 Å². The second-order valence-electron chi connectivity index (χ2n) is 7.68. The van der Waals surface area contributed by atoms with Gasteiger partial charge in [0.1, 0.15) is 0 Å². The first kappa shape index (κ1) is 16.9. The molecule has 6 aromatic carbocycles. The molecular weight excluding hydrogens is 364 g/mol. The van der Waals surface area contributed by atoms with Crippen LogP contribution in [0.25, 0.3) is 43.1 Å². The van der Waals surface area contributed by atoms with Crippen molar-refractivity contribution >= 4 is 48.9 Å². The van der Waals surface area contributed by atoms with E-state index in [1.807, 2.05) is 42.5 Å². The van der Waals surface area contributed by atoms with E-state index in [0.717, 1.165) is 21.7 Å². The van der Waals surface area contributed by atoms with Crippen LogP contribution in [0.15, 0.2) is 109 Å². The first-order valence-electron chi connectivity index (χ1n) is 10.2. The molecule has 0 atom stereocenters. The smallest absolute Gasteiger partial charge is 0.193 e. The van der Waals surface area contributed by atoms with E-state index in [9.17, 15) is 4.79 Å². The molecule has 0 aliphatic rings. The second-order valence-corrected chi connectivity index (χ2v) is 7.68. The maximum Gasteiger partial charge on any atom is 0.193 e. The summed E-state index contributed by atoms with van der Waals surface area (Å²) in [6, 6.07) is 37.0. The predicted octanol–water partition coefficient (Wildman–Crippen LogP) is 7.53. The highest BCUT2D eigenvalue weighted by Crippen LogP contribution is 2.40. The number of fused-ring (bicyclic) bond motifs is 8. The largest absolute Gasteiger partial charge is 0.289 e. The Morgan fingerprint density at radius 2 is 1.03 bits per heavy atom. The van der Waals surface area contributed by atoms with E-state index < -0.39 is 0 Å². The number of ketones is 1. The summed E-state index contributed by atoms with van der Waals surface area (Å²) in [4.78, 5) is 13.6. The van der Waals surface area contributed by atoms with Gasteiger partial charge in [-0.1, -0.05) is 109 Å². The van der Waals surface area contributed by atoms with E-state index in [4.69, 9.17) is 0 Å². The summed E-state index contributed by atoms with van der Waals surface area (Å²) < 4.78 is 0. The van der Waals surface area contributed by atoms with Crippen LogP contribution in [0.1, 0.15) is 15.9 Å². The molecule has 140 valence electrons. The Morgan fingerprint density at radius 3 is 1.80 bits per heavy atom. The zero-order chi connectivity index (χ0) is 20.1. The summed E-state index contributed by atoms with van der Waals surface area (Å²) in [5.74, 6) is 0.0608. The van der Waals surface area contributed by atoms with E-state index >= 15 is 0 Å². The Labute approximate surface area is 174 Å². The van der Waals surface area contributed by atoms with Crippen LogP contribution in [0, 0.1) is 0 Å². The topological polar surface area (TPSA) is 17.1 Å². The lowest BCUT2D eigenvalue weighted by molar-refractivity contribution is 0.104. The van der Waals surface area contributed by atoms with Gasteiger partial charge in [0.2, 0.25) is 0 Å². The molecule has 0 amide bonds. The number of carbonyl (C=O) groups excluding carboxylic acids is 1. The van der Waals surface area contributed by atoms with Gasteiger partial charge in [-0.2, -0.15) is 0 Å². The van der Waals surface area contributed by atoms with Crippen molar-refractivity contribution in [1.82, 2.24) is 0 Å². The number of hydrogen-bond donors (Lipinski definition) is 0. The highest BCUT2D eigenvalue weighted by atomic mass is 16.1. The van der Waals surface area contributed by atoms with Gasteiger partial charge in [0.05, 0.1) is 0 Å². The molecule has 0 radical (unpaired) electrons. The van der Waals surface area contributed by atoms with Crippen LogP contribution < -0.4 is 0 Å². The van der Waals surface area contributed by atoms with Crippen LogP contribution in [-0.4, -0.2) is 5.78 Å². The zero-order valence-electron chi connectivity index (χ0n) is 16.3. The Kier molecular flexibility index (Phi) is 3.69. The molecule has 0 aliphatic carbocycles. The maximum absolute atomic E-state index is 13.6.